The molecule has 47 heavy (non-hydrogen) atoms. The number of amides is 2. The predicted octanol–water partition coefficient (Wildman–Crippen LogP) is 6.75. The molecule has 2 N–H and O–H groups in total. The van der Waals surface area contributed by atoms with E-state index >= 15 is 0 Å². The Labute approximate surface area is 281 Å². The quantitative estimate of drug-likeness (QED) is 0.0662. The summed E-state index contributed by atoms with van der Waals surface area (Å²) in [6, 6.07) is 8.97. The van der Waals surface area contributed by atoms with Crippen LogP contribution in [0.5, 0.6) is 0 Å². The van der Waals surface area contributed by atoms with Crippen LogP contribution in [0.25, 0.3) is 0 Å². The number of hydrogen-bond donors (Lipinski definition) is 1. The summed E-state index contributed by atoms with van der Waals surface area (Å²) in [5.41, 5.74) is 5.95. The number of hydrogen-bond acceptors (Lipinski definition) is 9. The van der Waals surface area contributed by atoms with Crippen molar-refractivity contribution in [2.75, 3.05) is 32.3 Å². The smallest absolute Gasteiger partial charge is 0.463 e. The first-order valence-electron chi connectivity index (χ1n) is 17.5. The van der Waals surface area contributed by atoms with E-state index in [1.807, 2.05) is 39.0 Å². The molecule has 1 aliphatic carbocycles. The third-order valence-corrected chi connectivity index (χ3v) is 11.8. The topological polar surface area (TPSA) is 139 Å². The molecule has 2 fully saturated rings. The zero-order valence-electron chi connectivity index (χ0n) is 29.1. The molecule has 1 saturated carbocycles. The van der Waals surface area contributed by atoms with Crippen molar-refractivity contribution in [1.29, 1.82) is 0 Å². The second-order valence-corrected chi connectivity index (χ2v) is 16.1. The number of unbranched alkanes of at least 4 members (excludes halogenated alkanes) is 1. The lowest BCUT2D eigenvalue weighted by Crippen LogP contribution is -2.60. The number of carbonyl (C=O) groups is 4. The van der Waals surface area contributed by atoms with Crippen LogP contribution >= 0.6 is 7.80 Å². The Bertz CT molecular complexity index is 1220. The van der Waals surface area contributed by atoms with Crippen molar-refractivity contribution >= 4 is 31.7 Å². The lowest BCUT2D eigenvalue weighted by molar-refractivity contribution is -0.794. The van der Waals surface area contributed by atoms with E-state index in [0.717, 1.165) is 44.9 Å². The van der Waals surface area contributed by atoms with Gasteiger partial charge in [-0.2, -0.15) is 9.28 Å². The summed E-state index contributed by atoms with van der Waals surface area (Å²) in [6.07, 6.45) is 9.01. The summed E-state index contributed by atoms with van der Waals surface area (Å²) in [7, 11) is -1.84. The zero-order chi connectivity index (χ0) is 34.6. The number of imide groups is 1. The highest BCUT2D eigenvalue weighted by Gasteiger charge is 2.60. The Morgan fingerprint density at radius 3 is 2.34 bits per heavy atom. The number of nitrogens with two attached hydrogens (primary N) is 1. The number of esters is 2. The van der Waals surface area contributed by atoms with Gasteiger partial charge < -0.3 is 19.9 Å². The molecule has 0 aromatic heterocycles. The fourth-order valence-corrected chi connectivity index (χ4v) is 8.14. The molecule has 11 heteroatoms. The van der Waals surface area contributed by atoms with Gasteiger partial charge in [0.05, 0.1) is 5.41 Å². The van der Waals surface area contributed by atoms with Gasteiger partial charge in [-0.3, -0.25) is 9.59 Å². The van der Waals surface area contributed by atoms with Gasteiger partial charge >= 0.3 is 31.7 Å². The minimum absolute atomic E-state index is 0.0707. The maximum Gasteiger partial charge on any atom is 0.526 e. The average molecular weight is 677 g/mol. The van der Waals surface area contributed by atoms with Crippen molar-refractivity contribution in [3.05, 3.63) is 35.9 Å². The summed E-state index contributed by atoms with van der Waals surface area (Å²) in [5.74, 6) is -1.15. The molecule has 6 atom stereocenters. The van der Waals surface area contributed by atoms with Crippen molar-refractivity contribution < 1.29 is 42.4 Å². The van der Waals surface area contributed by atoms with Crippen LogP contribution in [-0.2, 0) is 39.6 Å². The van der Waals surface area contributed by atoms with Crippen LogP contribution in [0.1, 0.15) is 98.0 Å². The fraction of sp³-hybridized carbons (Fsp3) is 0.722. The monoisotopic (exact) mass is 676 g/mol. The molecule has 1 aromatic carbocycles. The molecule has 3 unspecified atom stereocenters. The maximum absolute atomic E-state index is 14.0. The van der Waals surface area contributed by atoms with Gasteiger partial charge in [0.15, 0.2) is 0 Å². The summed E-state index contributed by atoms with van der Waals surface area (Å²) in [4.78, 5) is 53.0. The number of aryl methyl sites for hydroxylation is 1. The van der Waals surface area contributed by atoms with Crippen LogP contribution in [0.3, 0.4) is 0 Å². The first kappa shape index (κ1) is 38.8. The number of carbonyl (C=O) groups excluding carboxylic acids is 4. The minimum Gasteiger partial charge on any atom is -0.463 e. The van der Waals surface area contributed by atoms with E-state index in [9.17, 15) is 23.7 Å². The molecule has 2 aliphatic rings. The Morgan fingerprint density at radius 1 is 1.00 bits per heavy atom. The Balaban J connectivity index is 1.61. The van der Waals surface area contributed by atoms with E-state index in [-0.39, 0.29) is 36.6 Å². The lowest BCUT2D eigenvalue weighted by atomic mass is 9.79. The van der Waals surface area contributed by atoms with Gasteiger partial charge in [0.2, 0.25) is 6.79 Å². The van der Waals surface area contributed by atoms with Crippen LogP contribution in [0, 0.1) is 23.2 Å². The lowest BCUT2D eigenvalue weighted by Gasteiger charge is -2.31. The standard InChI is InChI=1S/C36H57N2O8P/c1-6-26(2)32(37)33(40)44-24-36(4,5)34(41)45-25-46-35(42)38(22-30(21-27(38)3)29-18-11-8-12-19-29)31(39)23-47(43)20-14-13-17-28-15-9-7-10-16-28/h7,9-10,15-16,26-27,29-30,32H,6,8,11-14,17-25,37H2,1-5H3/q+2/t26-,27?,30+,32-,38?/m0/s1. The molecule has 1 heterocycles. The molecule has 0 spiro atoms. The van der Waals surface area contributed by atoms with Gasteiger partial charge in [0.25, 0.3) is 6.16 Å². The summed E-state index contributed by atoms with van der Waals surface area (Å²) >= 11 is 0. The molecule has 262 valence electrons. The third kappa shape index (κ3) is 10.7. The molecule has 0 radical (unpaired) electrons. The van der Waals surface area contributed by atoms with E-state index in [4.69, 9.17) is 19.9 Å². The van der Waals surface area contributed by atoms with Gasteiger partial charge in [-0.15, -0.1) is 0 Å². The molecule has 0 bridgehead atoms. The molecular formula is C36H57N2O8P+2. The molecule has 3 rings (SSSR count). The largest absolute Gasteiger partial charge is 0.526 e. The number of benzene rings is 1. The van der Waals surface area contributed by atoms with E-state index in [2.05, 4.69) is 12.1 Å². The van der Waals surface area contributed by atoms with E-state index in [0.29, 0.717) is 31.5 Å². The second-order valence-electron chi connectivity index (χ2n) is 14.4. The van der Waals surface area contributed by atoms with Crippen LogP contribution in [0.4, 0.5) is 4.79 Å². The van der Waals surface area contributed by atoms with Gasteiger partial charge in [0.1, 0.15) is 31.4 Å². The van der Waals surface area contributed by atoms with Crippen LogP contribution in [0.2, 0.25) is 0 Å². The molecule has 2 amide bonds. The summed E-state index contributed by atoms with van der Waals surface area (Å²) in [6.45, 7) is 8.17. The van der Waals surface area contributed by atoms with Crippen molar-refractivity contribution in [2.24, 2.45) is 28.9 Å². The normalized spacial score (nSPS) is 23.4. The summed E-state index contributed by atoms with van der Waals surface area (Å²) in [5, 5.41) is 0. The van der Waals surface area contributed by atoms with Gasteiger partial charge in [-0.25, -0.2) is 4.79 Å². The summed E-state index contributed by atoms with van der Waals surface area (Å²) < 4.78 is 28.7. The Morgan fingerprint density at radius 2 is 1.68 bits per heavy atom. The fourth-order valence-electron chi connectivity index (χ4n) is 6.85. The van der Waals surface area contributed by atoms with Crippen LogP contribution in [-0.4, -0.2) is 72.8 Å². The second kappa shape index (κ2) is 18.2. The number of rotatable bonds is 16. The molecule has 1 aliphatic heterocycles. The first-order chi connectivity index (χ1) is 22.3. The van der Waals surface area contributed by atoms with Gasteiger partial charge in [-0.1, -0.05) is 74.4 Å². The predicted molar refractivity (Wildman–Crippen MR) is 181 cm³/mol. The zero-order valence-corrected chi connectivity index (χ0v) is 30.0. The average Bonchev–Trinajstić information content (AvgIpc) is 3.43. The first-order valence-corrected chi connectivity index (χ1v) is 19.1. The number of likely N-dealkylation sites (tertiary alicyclic amines) is 1. The SMILES string of the molecule is CC[C@H](C)[C@H](N)C(=O)OCC(C)(C)C(=O)OCOC(=O)[N+]1(C(=O)C[P+](=O)CCCCc2ccccc2)C[C@H](C2CCCCC2)CC1C. The van der Waals surface area contributed by atoms with E-state index in [1.54, 1.807) is 13.8 Å². The highest BCUT2D eigenvalue weighted by atomic mass is 31.1. The van der Waals surface area contributed by atoms with E-state index in [1.165, 1.54) is 12.0 Å². The molecule has 1 saturated heterocycles. The third-order valence-electron chi connectivity index (χ3n) is 10.3. The van der Waals surface area contributed by atoms with Crippen molar-refractivity contribution in [1.82, 2.24) is 0 Å². The van der Waals surface area contributed by atoms with Gasteiger partial charge in [0, 0.05) is 12.3 Å². The molecular weight excluding hydrogens is 619 g/mol. The van der Waals surface area contributed by atoms with Crippen LogP contribution < -0.4 is 5.73 Å². The Hall–Kier alpha value is -2.68. The van der Waals surface area contributed by atoms with Gasteiger partial charge in [-0.05, 0) is 70.3 Å². The highest BCUT2D eigenvalue weighted by Crippen LogP contribution is 2.43. The molecule has 10 nitrogen and oxygen atoms in total. The number of nitrogens with zero attached hydrogens (tertiary/aromatic N) is 1. The minimum atomic E-state index is -1.84. The molecule has 1 aromatic rings. The Kier molecular flexibility index (Phi) is 15.0. The number of quaternary nitrogens is 1. The van der Waals surface area contributed by atoms with E-state index < -0.39 is 48.6 Å². The van der Waals surface area contributed by atoms with Crippen LogP contribution in [0.15, 0.2) is 30.3 Å². The van der Waals surface area contributed by atoms with Crippen molar-refractivity contribution in [3.63, 3.8) is 0 Å². The maximum atomic E-state index is 14.0. The number of ether oxygens (including phenoxy) is 3. The highest BCUT2D eigenvalue weighted by molar-refractivity contribution is 7.45. The van der Waals surface area contributed by atoms with Crippen molar-refractivity contribution in [2.45, 2.75) is 111 Å². The van der Waals surface area contributed by atoms with Crippen molar-refractivity contribution in [3.8, 4) is 0 Å².